The van der Waals surface area contributed by atoms with Crippen molar-refractivity contribution in [1.82, 2.24) is 9.55 Å². The minimum Gasteiger partial charge on any atom is -0.372 e. The number of imidazole rings is 1. The van der Waals surface area contributed by atoms with Gasteiger partial charge in [0.15, 0.2) is 0 Å². The summed E-state index contributed by atoms with van der Waals surface area (Å²) < 4.78 is 8.22. The highest BCUT2D eigenvalue weighted by molar-refractivity contribution is 6.30. The fraction of sp³-hybridized carbons (Fsp3) is 0.500. The lowest BCUT2D eigenvalue weighted by atomic mass is 10.1. The normalized spacial score (nSPS) is 12.5. The van der Waals surface area contributed by atoms with Gasteiger partial charge in [-0.2, -0.15) is 0 Å². The van der Waals surface area contributed by atoms with Crippen molar-refractivity contribution in [3.63, 3.8) is 0 Å². The van der Waals surface area contributed by atoms with Crippen LogP contribution in [0, 0.1) is 0 Å². The summed E-state index contributed by atoms with van der Waals surface area (Å²) >= 11 is 5.92. The van der Waals surface area contributed by atoms with E-state index in [2.05, 4.69) is 16.5 Å². The molecule has 0 N–H and O–H groups in total. The van der Waals surface area contributed by atoms with Crippen LogP contribution in [0.15, 0.2) is 43.0 Å². The van der Waals surface area contributed by atoms with E-state index in [0.29, 0.717) is 6.61 Å². The summed E-state index contributed by atoms with van der Waals surface area (Å²) in [6.07, 6.45) is 12.0. The standard InChI is InChI=1S/C18H25ClN2O/c1-2-3-4-5-6-18(13-21-12-11-20-15-21)22-14-16-7-9-17(19)10-8-16/h7-12,15,18H,2-6,13-14H2,1H3. The van der Waals surface area contributed by atoms with Crippen LogP contribution in [0.1, 0.15) is 44.6 Å². The SMILES string of the molecule is CCCCCCC(Cn1ccnc1)OCc1ccc(Cl)cc1. The molecule has 0 aliphatic carbocycles. The van der Waals surface area contributed by atoms with E-state index in [1.807, 2.05) is 43.0 Å². The molecule has 0 amide bonds. The number of hydrogen-bond acceptors (Lipinski definition) is 2. The molecule has 0 spiro atoms. The molecule has 0 aliphatic rings. The van der Waals surface area contributed by atoms with Crippen molar-refractivity contribution in [3.8, 4) is 0 Å². The van der Waals surface area contributed by atoms with Gasteiger partial charge in [-0.15, -0.1) is 0 Å². The van der Waals surface area contributed by atoms with Crippen LogP contribution in [0.3, 0.4) is 0 Å². The van der Waals surface area contributed by atoms with Gasteiger partial charge in [-0.25, -0.2) is 4.98 Å². The Balaban J connectivity index is 1.84. The Kier molecular flexibility index (Phi) is 7.47. The van der Waals surface area contributed by atoms with Crippen molar-refractivity contribution < 1.29 is 4.74 Å². The first kappa shape index (κ1) is 17.0. The molecular weight excluding hydrogens is 296 g/mol. The largest absolute Gasteiger partial charge is 0.372 e. The molecule has 1 atom stereocenters. The van der Waals surface area contributed by atoms with Gasteiger partial charge >= 0.3 is 0 Å². The van der Waals surface area contributed by atoms with Gasteiger partial charge in [0.2, 0.25) is 0 Å². The Morgan fingerprint density at radius 2 is 2.00 bits per heavy atom. The van der Waals surface area contributed by atoms with E-state index in [0.717, 1.165) is 23.6 Å². The number of nitrogens with zero attached hydrogens (tertiary/aromatic N) is 2. The molecule has 0 aliphatic heterocycles. The molecule has 1 aromatic heterocycles. The monoisotopic (exact) mass is 320 g/mol. The Hall–Kier alpha value is -1.32. The van der Waals surface area contributed by atoms with Crippen LogP contribution in [0.4, 0.5) is 0 Å². The maximum Gasteiger partial charge on any atom is 0.0946 e. The summed E-state index contributed by atoms with van der Waals surface area (Å²) in [5.74, 6) is 0. The molecule has 0 bridgehead atoms. The lowest BCUT2D eigenvalue weighted by molar-refractivity contribution is 0.0221. The zero-order chi connectivity index (χ0) is 15.6. The Morgan fingerprint density at radius 3 is 2.68 bits per heavy atom. The number of rotatable bonds is 10. The van der Waals surface area contributed by atoms with E-state index >= 15 is 0 Å². The van der Waals surface area contributed by atoms with E-state index in [1.54, 1.807) is 0 Å². The number of ether oxygens (including phenoxy) is 1. The van der Waals surface area contributed by atoms with E-state index in [1.165, 1.54) is 25.7 Å². The van der Waals surface area contributed by atoms with Gasteiger partial charge in [0.05, 0.1) is 19.0 Å². The van der Waals surface area contributed by atoms with Crippen molar-refractivity contribution in [1.29, 1.82) is 0 Å². The Bertz CT molecular complexity index is 510. The van der Waals surface area contributed by atoms with E-state index in [4.69, 9.17) is 16.3 Å². The van der Waals surface area contributed by atoms with Crippen LogP contribution in [0.2, 0.25) is 5.02 Å². The predicted octanol–water partition coefficient (Wildman–Crippen LogP) is 5.09. The van der Waals surface area contributed by atoms with Gasteiger partial charge in [-0.1, -0.05) is 56.3 Å². The zero-order valence-electron chi connectivity index (χ0n) is 13.2. The Morgan fingerprint density at radius 1 is 1.18 bits per heavy atom. The second kappa shape index (κ2) is 9.65. The summed E-state index contributed by atoms with van der Waals surface area (Å²) in [4.78, 5) is 4.11. The fourth-order valence-corrected chi connectivity index (χ4v) is 2.58. The van der Waals surface area contributed by atoms with E-state index in [-0.39, 0.29) is 6.10 Å². The maximum absolute atomic E-state index is 6.13. The number of hydrogen-bond donors (Lipinski definition) is 0. The van der Waals surface area contributed by atoms with E-state index in [9.17, 15) is 0 Å². The highest BCUT2D eigenvalue weighted by atomic mass is 35.5. The highest BCUT2D eigenvalue weighted by Gasteiger charge is 2.10. The number of halogens is 1. The van der Waals surface area contributed by atoms with Gasteiger partial charge < -0.3 is 9.30 Å². The fourth-order valence-electron chi connectivity index (χ4n) is 2.45. The molecule has 1 heterocycles. The third kappa shape index (κ3) is 6.20. The molecule has 1 unspecified atom stereocenters. The maximum atomic E-state index is 6.13. The van der Waals surface area contributed by atoms with Crippen LogP contribution >= 0.6 is 11.6 Å². The summed E-state index contributed by atoms with van der Waals surface area (Å²) in [6.45, 7) is 3.73. The van der Waals surface area contributed by atoms with Crippen molar-refractivity contribution in [2.75, 3.05) is 0 Å². The highest BCUT2D eigenvalue weighted by Crippen LogP contribution is 2.15. The Labute approximate surface area is 138 Å². The predicted molar refractivity (Wildman–Crippen MR) is 91.0 cm³/mol. The number of unbranched alkanes of at least 4 members (excludes halogenated alkanes) is 3. The van der Waals surface area contributed by atoms with Gasteiger partial charge in [0.1, 0.15) is 0 Å². The van der Waals surface area contributed by atoms with Crippen molar-refractivity contribution in [2.24, 2.45) is 0 Å². The summed E-state index contributed by atoms with van der Waals surface area (Å²) in [5.41, 5.74) is 1.16. The van der Waals surface area contributed by atoms with Crippen LogP contribution < -0.4 is 0 Å². The van der Waals surface area contributed by atoms with Gasteiger partial charge in [0, 0.05) is 24.0 Å². The topological polar surface area (TPSA) is 27.1 Å². The second-order valence-corrected chi connectivity index (χ2v) is 6.10. The summed E-state index contributed by atoms with van der Waals surface area (Å²) in [5, 5.41) is 0.762. The molecule has 0 saturated carbocycles. The van der Waals surface area contributed by atoms with Crippen molar-refractivity contribution in [3.05, 3.63) is 53.6 Å². The van der Waals surface area contributed by atoms with Gasteiger partial charge in [0.25, 0.3) is 0 Å². The second-order valence-electron chi connectivity index (χ2n) is 5.67. The smallest absolute Gasteiger partial charge is 0.0946 e. The minimum absolute atomic E-state index is 0.224. The average molecular weight is 321 g/mol. The van der Waals surface area contributed by atoms with Gasteiger partial charge in [-0.3, -0.25) is 0 Å². The lowest BCUT2D eigenvalue weighted by Crippen LogP contribution is -2.19. The average Bonchev–Trinajstić information content (AvgIpc) is 3.03. The lowest BCUT2D eigenvalue weighted by Gasteiger charge is -2.18. The molecule has 22 heavy (non-hydrogen) atoms. The molecule has 2 rings (SSSR count). The third-order valence-corrected chi connectivity index (χ3v) is 4.00. The van der Waals surface area contributed by atoms with Crippen LogP contribution in [0.5, 0.6) is 0 Å². The molecule has 4 heteroatoms. The molecular formula is C18H25ClN2O. The molecule has 2 aromatic rings. The quantitative estimate of drug-likeness (QED) is 0.570. The summed E-state index contributed by atoms with van der Waals surface area (Å²) in [6, 6.07) is 7.86. The molecule has 0 saturated heterocycles. The van der Waals surface area contributed by atoms with Crippen LogP contribution in [-0.4, -0.2) is 15.7 Å². The van der Waals surface area contributed by atoms with Crippen LogP contribution in [0.25, 0.3) is 0 Å². The van der Waals surface area contributed by atoms with Crippen molar-refractivity contribution >= 4 is 11.6 Å². The molecule has 0 radical (unpaired) electrons. The number of benzene rings is 1. The minimum atomic E-state index is 0.224. The molecule has 1 aromatic carbocycles. The zero-order valence-corrected chi connectivity index (χ0v) is 14.0. The van der Waals surface area contributed by atoms with E-state index < -0.39 is 0 Å². The van der Waals surface area contributed by atoms with Crippen LogP contribution in [-0.2, 0) is 17.9 Å². The first-order valence-corrected chi connectivity index (χ1v) is 8.47. The molecule has 120 valence electrons. The molecule has 0 fully saturated rings. The number of aromatic nitrogens is 2. The van der Waals surface area contributed by atoms with Crippen molar-refractivity contribution in [2.45, 2.75) is 58.3 Å². The third-order valence-electron chi connectivity index (χ3n) is 3.75. The van der Waals surface area contributed by atoms with Gasteiger partial charge in [-0.05, 0) is 24.1 Å². The summed E-state index contributed by atoms with van der Waals surface area (Å²) in [7, 11) is 0. The first-order chi connectivity index (χ1) is 10.8. The first-order valence-electron chi connectivity index (χ1n) is 8.09. The molecule has 3 nitrogen and oxygen atoms in total.